The number of benzene rings is 2. The van der Waals surface area contributed by atoms with E-state index >= 15 is 0 Å². The van der Waals surface area contributed by atoms with E-state index in [4.69, 9.17) is 0 Å². The first-order valence-electron chi connectivity index (χ1n) is 8.52. The molecule has 4 rings (SSSR count). The topological polar surface area (TPSA) is 71.8 Å². The molecule has 0 aliphatic rings. The number of para-hydroxylation sites is 1. The molecule has 0 spiro atoms. The number of aromatic nitrogens is 3. The molecule has 28 heavy (non-hydrogen) atoms. The Hall–Kier alpha value is -3.52. The highest BCUT2D eigenvalue weighted by molar-refractivity contribution is 7.14. The van der Waals surface area contributed by atoms with E-state index in [9.17, 15) is 9.18 Å². The maximum Gasteiger partial charge on any atom is 0.246 e. The number of hydrogen-bond acceptors (Lipinski definition) is 5. The molecule has 2 heterocycles. The molecule has 6 nitrogen and oxygen atoms in total. The van der Waals surface area contributed by atoms with Crippen molar-refractivity contribution < 1.29 is 9.18 Å². The largest absolute Gasteiger partial charge is 0.329 e. The molecule has 0 aliphatic carbocycles. The zero-order chi connectivity index (χ0) is 19.3. The third kappa shape index (κ3) is 4.24. The Morgan fingerprint density at radius 2 is 2.04 bits per heavy atom. The minimum absolute atomic E-state index is 0.143. The second-order valence-corrected chi connectivity index (χ2v) is 6.83. The van der Waals surface area contributed by atoms with Gasteiger partial charge in [-0.15, -0.1) is 11.3 Å². The molecule has 1 amide bonds. The van der Waals surface area contributed by atoms with Gasteiger partial charge in [0.15, 0.2) is 5.13 Å². The number of halogens is 1. The molecule has 0 saturated carbocycles. The van der Waals surface area contributed by atoms with Crippen LogP contribution in [0.5, 0.6) is 0 Å². The van der Waals surface area contributed by atoms with Gasteiger partial charge in [0.1, 0.15) is 12.4 Å². The van der Waals surface area contributed by atoms with Crippen molar-refractivity contribution in [2.45, 2.75) is 6.54 Å². The van der Waals surface area contributed by atoms with E-state index < -0.39 is 0 Å². The van der Waals surface area contributed by atoms with Crippen LogP contribution in [0, 0.1) is 5.82 Å². The molecule has 0 radical (unpaired) electrons. The van der Waals surface area contributed by atoms with E-state index in [1.165, 1.54) is 17.4 Å². The van der Waals surface area contributed by atoms with Crippen molar-refractivity contribution in [3.05, 3.63) is 78.2 Å². The van der Waals surface area contributed by atoms with E-state index in [0.29, 0.717) is 16.5 Å². The minimum atomic E-state index is -0.332. The highest BCUT2D eigenvalue weighted by atomic mass is 32.1. The first-order chi connectivity index (χ1) is 13.7. The molecule has 8 heteroatoms. The number of nitrogens with zero attached hydrogens (tertiary/aromatic N) is 3. The zero-order valence-electron chi connectivity index (χ0n) is 14.7. The van der Waals surface area contributed by atoms with Crippen LogP contribution in [0.15, 0.2) is 72.4 Å². The monoisotopic (exact) mass is 393 g/mol. The summed E-state index contributed by atoms with van der Waals surface area (Å²) in [6.45, 7) is 0.143. The summed E-state index contributed by atoms with van der Waals surface area (Å²) < 4.78 is 15.3. The van der Waals surface area contributed by atoms with Crippen LogP contribution in [0.1, 0.15) is 0 Å². The fraction of sp³-hybridized carbons (Fsp3) is 0.0500. The number of nitrogens with one attached hydrogen (secondary N) is 2. The van der Waals surface area contributed by atoms with Crippen molar-refractivity contribution in [1.82, 2.24) is 14.8 Å². The van der Waals surface area contributed by atoms with Crippen LogP contribution >= 0.6 is 11.3 Å². The van der Waals surface area contributed by atoms with Crippen LogP contribution in [-0.2, 0) is 11.3 Å². The van der Waals surface area contributed by atoms with Crippen LogP contribution in [-0.4, -0.2) is 20.7 Å². The van der Waals surface area contributed by atoms with Gasteiger partial charge in [-0.3, -0.25) is 9.48 Å². The van der Waals surface area contributed by atoms with E-state index in [0.717, 1.165) is 11.3 Å². The smallest absolute Gasteiger partial charge is 0.246 e. The minimum Gasteiger partial charge on any atom is -0.329 e. The molecule has 0 fully saturated rings. The Bertz CT molecular complexity index is 1090. The van der Waals surface area contributed by atoms with E-state index in [1.807, 2.05) is 29.6 Å². The van der Waals surface area contributed by atoms with Crippen molar-refractivity contribution in [2.75, 3.05) is 10.6 Å². The normalized spacial score (nSPS) is 10.6. The summed E-state index contributed by atoms with van der Waals surface area (Å²) in [5.41, 5.74) is 2.65. The van der Waals surface area contributed by atoms with E-state index in [2.05, 4.69) is 20.7 Å². The second-order valence-electron chi connectivity index (χ2n) is 5.98. The Balaban J connectivity index is 1.46. The third-order valence-corrected chi connectivity index (χ3v) is 4.68. The van der Waals surface area contributed by atoms with Gasteiger partial charge in [0.05, 0.1) is 11.4 Å². The highest BCUT2D eigenvalue weighted by Crippen LogP contribution is 2.29. The Morgan fingerprint density at radius 1 is 1.14 bits per heavy atom. The summed E-state index contributed by atoms with van der Waals surface area (Å²) in [6, 6.07) is 15.6. The van der Waals surface area contributed by atoms with Gasteiger partial charge in [-0.25, -0.2) is 9.37 Å². The summed E-state index contributed by atoms with van der Waals surface area (Å²) in [4.78, 5) is 16.6. The number of carbonyl (C=O) groups excluding carboxylic acids is 1. The Labute approximate surface area is 164 Å². The van der Waals surface area contributed by atoms with Crippen LogP contribution in [0.2, 0.25) is 0 Å². The number of hydrogen-bond donors (Lipinski definition) is 2. The number of carbonyl (C=O) groups is 1. The average molecular weight is 393 g/mol. The first-order valence-corrected chi connectivity index (χ1v) is 9.40. The quantitative estimate of drug-likeness (QED) is 0.505. The van der Waals surface area contributed by atoms with Gasteiger partial charge in [-0.05, 0) is 30.3 Å². The number of amides is 1. The van der Waals surface area contributed by atoms with Crippen molar-refractivity contribution in [2.24, 2.45) is 0 Å². The Morgan fingerprint density at radius 3 is 2.86 bits per heavy atom. The molecule has 0 saturated heterocycles. The standard InChI is InChI=1S/C20H16FN5OS/c21-16-7-1-2-8-17(16)24-20-25-18(13-28-20)14-5-3-6-15(11-14)23-19(27)12-26-10-4-9-22-26/h1-11,13H,12H2,(H,23,27)(H,24,25). The molecule has 0 aliphatic heterocycles. The summed E-state index contributed by atoms with van der Waals surface area (Å²) >= 11 is 1.38. The zero-order valence-corrected chi connectivity index (χ0v) is 15.5. The number of anilines is 3. The van der Waals surface area contributed by atoms with Gasteiger partial charge in [0.2, 0.25) is 5.91 Å². The third-order valence-electron chi connectivity index (χ3n) is 3.93. The van der Waals surface area contributed by atoms with Crippen molar-refractivity contribution >= 4 is 33.8 Å². The van der Waals surface area contributed by atoms with Gasteiger partial charge in [0, 0.05) is 29.0 Å². The SMILES string of the molecule is O=C(Cn1cccn1)Nc1cccc(-c2csc(Nc3ccccc3F)n2)c1. The maximum absolute atomic E-state index is 13.8. The van der Waals surface area contributed by atoms with Crippen molar-refractivity contribution in [1.29, 1.82) is 0 Å². The first kappa shape index (κ1) is 17.9. The molecular weight excluding hydrogens is 377 g/mol. The Kier molecular flexibility index (Phi) is 5.11. The summed E-state index contributed by atoms with van der Waals surface area (Å²) in [7, 11) is 0. The lowest BCUT2D eigenvalue weighted by Gasteiger charge is -2.07. The molecule has 2 aromatic heterocycles. The maximum atomic E-state index is 13.8. The second kappa shape index (κ2) is 8.01. The fourth-order valence-electron chi connectivity index (χ4n) is 2.64. The molecular formula is C20H16FN5OS. The molecule has 4 aromatic rings. The fourth-order valence-corrected chi connectivity index (χ4v) is 3.37. The van der Waals surface area contributed by atoms with Crippen LogP contribution in [0.25, 0.3) is 11.3 Å². The lowest BCUT2D eigenvalue weighted by Crippen LogP contribution is -2.18. The molecule has 2 aromatic carbocycles. The molecule has 0 atom stereocenters. The predicted octanol–water partition coefficient (Wildman–Crippen LogP) is 4.53. The van der Waals surface area contributed by atoms with Gasteiger partial charge in [-0.1, -0.05) is 24.3 Å². The molecule has 2 N–H and O–H groups in total. The van der Waals surface area contributed by atoms with Crippen molar-refractivity contribution in [3.63, 3.8) is 0 Å². The summed E-state index contributed by atoms with van der Waals surface area (Å²) in [5.74, 6) is -0.498. The lowest BCUT2D eigenvalue weighted by molar-refractivity contribution is -0.116. The van der Waals surface area contributed by atoms with Gasteiger partial charge < -0.3 is 10.6 Å². The van der Waals surface area contributed by atoms with Gasteiger partial charge in [0.25, 0.3) is 0 Å². The van der Waals surface area contributed by atoms with Crippen molar-refractivity contribution in [3.8, 4) is 11.3 Å². The predicted molar refractivity (Wildman–Crippen MR) is 108 cm³/mol. The van der Waals surface area contributed by atoms with E-state index in [-0.39, 0.29) is 18.3 Å². The molecule has 140 valence electrons. The van der Waals surface area contributed by atoms with Crippen LogP contribution in [0.4, 0.5) is 20.9 Å². The van der Waals surface area contributed by atoms with E-state index in [1.54, 1.807) is 41.3 Å². The van der Waals surface area contributed by atoms with Crippen LogP contribution < -0.4 is 10.6 Å². The van der Waals surface area contributed by atoms with Gasteiger partial charge in [-0.2, -0.15) is 5.10 Å². The molecule has 0 bridgehead atoms. The number of rotatable bonds is 6. The van der Waals surface area contributed by atoms with Gasteiger partial charge >= 0.3 is 0 Å². The summed E-state index contributed by atoms with van der Waals surface area (Å²) in [5, 5.41) is 12.3. The number of thiazole rings is 1. The van der Waals surface area contributed by atoms with Crippen LogP contribution in [0.3, 0.4) is 0 Å². The summed E-state index contributed by atoms with van der Waals surface area (Å²) in [6.07, 6.45) is 3.36. The average Bonchev–Trinajstić information content (AvgIpc) is 3.36. The molecule has 0 unspecified atom stereocenters. The lowest BCUT2D eigenvalue weighted by atomic mass is 10.1. The highest BCUT2D eigenvalue weighted by Gasteiger charge is 2.09.